The van der Waals surface area contributed by atoms with Gasteiger partial charge in [0.2, 0.25) is 0 Å². The normalized spacial score (nSPS) is 16.7. The predicted octanol–water partition coefficient (Wildman–Crippen LogP) is 0.0270. The van der Waals surface area contributed by atoms with Crippen molar-refractivity contribution in [3.8, 4) is 0 Å². The molecule has 17 heavy (non-hydrogen) atoms. The molecular weight excluding hydrogens is 218 g/mol. The molecule has 0 aromatic carbocycles. The molecular formula is C10H15N7. The SMILES string of the molecule is c1cc2nnnn2nc1NCCN1CCCC1. The molecule has 1 fully saturated rings. The zero-order valence-electron chi connectivity index (χ0n) is 9.58. The smallest absolute Gasteiger partial charge is 0.200 e. The summed E-state index contributed by atoms with van der Waals surface area (Å²) < 4.78 is 1.43. The Morgan fingerprint density at radius 1 is 1.24 bits per heavy atom. The van der Waals surface area contributed by atoms with Crippen LogP contribution in [0.3, 0.4) is 0 Å². The van der Waals surface area contributed by atoms with E-state index < -0.39 is 0 Å². The third-order valence-corrected chi connectivity index (χ3v) is 3.00. The molecule has 0 amide bonds. The van der Waals surface area contributed by atoms with Crippen LogP contribution < -0.4 is 5.32 Å². The molecule has 3 rings (SSSR count). The van der Waals surface area contributed by atoms with Crippen LogP contribution >= 0.6 is 0 Å². The van der Waals surface area contributed by atoms with Gasteiger partial charge in [-0.2, -0.15) is 0 Å². The van der Waals surface area contributed by atoms with Gasteiger partial charge in [0, 0.05) is 13.1 Å². The van der Waals surface area contributed by atoms with Crippen LogP contribution in [0, 0.1) is 0 Å². The summed E-state index contributed by atoms with van der Waals surface area (Å²) in [6.45, 7) is 4.41. The molecule has 2 aromatic rings. The van der Waals surface area contributed by atoms with Crippen molar-refractivity contribution < 1.29 is 0 Å². The molecule has 1 saturated heterocycles. The molecule has 1 aliphatic heterocycles. The Morgan fingerprint density at radius 3 is 3.00 bits per heavy atom. The minimum absolute atomic E-state index is 0.662. The molecule has 0 bridgehead atoms. The highest BCUT2D eigenvalue weighted by Gasteiger charge is 2.10. The maximum Gasteiger partial charge on any atom is 0.200 e. The minimum Gasteiger partial charge on any atom is -0.367 e. The summed E-state index contributed by atoms with van der Waals surface area (Å²) in [5, 5.41) is 18.7. The molecule has 0 radical (unpaired) electrons. The van der Waals surface area contributed by atoms with Gasteiger partial charge in [0.1, 0.15) is 5.82 Å². The second kappa shape index (κ2) is 4.62. The van der Waals surface area contributed by atoms with Gasteiger partial charge in [-0.15, -0.1) is 14.8 Å². The van der Waals surface area contributed by atoms with Crippen molar-refractivity contribution in [2.24, 2.45) is 0 Å². The quantitative estimate of drug-likeness (QED) is 0.803. The number of tetrazole rings is 1. The lowest BCUT2D eigenvalue weighted by atomic mass is 10.4. The number of nitrogens with one attached hydrogen (secondary N) is 1. The Kier molecular flexibility index (Phi) is 2.83. The number of hydrogen-bond donors (Lipinski definition) is 1. The van der Waals surface area contributed by atoms with Crippen LogP contribution in [0.5, 0.6) is 0 Å². The lowest BCUT2D eigenvalue weighted by Crippen LogP contribution is -2.26. The molecule has 0 saturated carbocycles. The van der Waals surface area contributed by atoms with Crippen LogP contribution in [-0.2, 0) is 0 Å². The van der Waals surface area contributed by atoms with E-state index in [9.17, 15) is 0 Å². The molecule has 0 atom stereocenters. The first-order chi connectivity index (χ1) is 8.42. The fraction of sp³-hybridized carbons (Fsp3) is 0.600. The van der Waals surface area contributed by atoms with Crippen molar-refractivity contribution in [3.05, 3.63) is 12.1 Å². The van der Waals surface area contributed by atoms with Gasteiger partial charge in [-0.25, -0.2) is 0 Å². The standard InChI is InChI=1S/C10H15N7/c1-2-7-16(6-1)8-5-11-9-3-4-10-12-14-15-17(10)13-9/h3-4H,1-2,5-8H2,(H,11,13). The Bertz CT molecular complexity index is 488. The number of nitrogens with zero attached hydrogens (tertiary/aromatic N) is 6. The van der Waals surface area contributed by atoms with Crippen LogP contribution in [0.15, 0.2) is 12.1 Å². The van der Waals surface area contributed by atoms with Crippen molar-refractivity contribution in [2.75, 3.05) is 31.5 Å². The average Bonchev–Trinajstić information content (AvgIpc) is 2.98. The number of fused-ring (bicyclic) bond motifs is 1. The first-order valence-corrected chi connectivity index (χ1v) is 5.93. The van der Waals surface area contributed by atoms with E-state index in [0.29, 0.717) is 5.65 Å². The first-order valence-electron chi connectivity index (χ1n) is 5.93. The van der Waals surface area contributed by atoms with Gasteiger partial charge >= 0.3 is 0 Å². The number of rotatable bonds is 4. The van der Waals surface area contributed by atoms with Crippen molar-refractivity contribution in [1.82, 2.24) is 30.2 Å². The topological polar surface area (TPSA) is 71.2 Å². The molecule has 2 aromatic heterocycles. The zero-order valence-corrected chi connectivity index (χ0v) is 9.58. The van der Waals surface area contributed by atoms with E-state index in [-0.39, 0.29) is 0 Å². The summed E-state index contributed by atoms with van der Waals surface area (Å²) >= 11 is 0. The van der Waals surface area contributed by atoms with E-state index in [1.807, 2.05) is 12.1 Å². The highest BCUT2D eigenvalue weighted by Crippen LogP contribution is 2.07. The first kappa shape index (κ1) is 10.4. The van der Waals surface area contributed by atoms with Crippen molar-refractivity contribution in [3.63, 3.8) is 0 Å². The summed E-state index contributed by atoms with van der Waals surface area (Å²) in [7, 11) is 0. The van der Waals surface area contributed by atoms with Gasteiger partial charge < -0.3 is 10.2 Å². The number of hydrogen-bond acceptors (Lipinski definition) is 6. The number of likely N-dealkylation sites (tertiary alicyclic amines) is 1. The summed E-state index contributed by atoms with van der Waals surface area (Å²) in [4.78, 5) is 2.46. The predicted molar refractivity (Wildman–Crippen MR) is 62.7 cm³/mol. The van der Waals surface area contributed by atoms with Gasteiger partial charge in [0.25, 0.3) is 0 Å². The fourth-order valence-corrected chi connectivity index (χ4v) is 2.09. The van der Waals surface area contributed by atoms with Crippen LogP contribution in [-0.4, -0.2) is 56.3 Å². The van der Waals surface area contributed by atoms with Crippen molar-refractivity contribution >= 4 is 11.5 Å². The third-order valence-electron chi connectivity index (χ3n) is 3.00. The summed E-state index contributed by atoms with van der Waals surface area (Å²) in [5.74, 6) is 0.809. The Morgan fingerprint density at radius 2 is 2.12 bits per heavy atom. The van der Waals surface area contributed by atoms with Gasteiger partial charge in [-0.1, -0.05) is 0 Å². The highest BCUT2D eigenvalue weighted by atomic mass is 15.6. The maximum atomic E-state index is 4.25. The van der Waals surface area contributed by atoms with Crippen molar-refractivity contribution in [2.45, 2.75) is 12.8 Å². The maximum absolute atomic E-state index is 4.25. The molecule has 1 aliphatic rings. The third kappa shape index (κ3) is 2.33. The molecule has 3 heterocycles. The lowest BCUT2D eigenvalue weighted by molar-refractivity contribution is 0.352. The van der Waals surface area contributed by atoms with Gasteiger partial charge in [0.05, 0.1) is 0 Å². The lowest BCUT2D eigenvalue weighted by Gasteiger charge is -2.14. The van der Waals surface area contributed by atoms with E-state index in [2.05, 4.69) is 30.8 Å². The highest BCUT2D eigenvalue weighted by molar-refractivity contribution is 5.41. The average molecular weight is 233 g/mol. The molecule has 90 valence electrons. The molecule has 1 N–H and O–H groups in total. The monoisotopic (exact) mass is 233 g/mol. The Hall–Kier alpha value is -1.76. The van der Waals surface area contributed by atoms with Crippen LogP contribution in [0.25, 0.3) is 5.65 Å². The molecule has 7 nitrogen and oxygen atoms in total. The Balaban J connectivity index is 1.56. The number of anilines is 1. The molecule has 0 unspecified atom stereocenters. The number of aromatic nitrogens is 5. The van der Waals surface area contributed by atoms with E-state index >= 15 is 0 Å². The second-order valence-corrected chi connectivity index (χ2v) is 4.22. The van der Waals surface area contributed by atoms with Gasteiger partial charge in [0.15, 0.2) is 5.65 Å². The van der Waals surface area contributed by atoms with Crippen LogP contribution in [0.4, 0.5) is 5.82 Å². The van der Waals surface area contributed by atoms with Crippen molar-refractivity contribution in [1.29, 1.82) is 0 Å². The summed E-state index contributed by atoms with van der Waals surface area (Å²) in [5.41, 5.74) is 0.662. The van der Waals surface area contributed by atoms with Crippen LogP contribution in [0.1, 0.15) is 12.8 Å². The van der Waals surface area contributed by atoms with Gasteiger partial charge in [-0.3, -0.25) is 0 Å². The summed E-state index contributed by atoms with van der Waals surface area (Å²) in [6, 6.07) is 3.75. The van der Waals surface area contributed by atoms with Gasteiger partial charge in [-0.05, 0) is 48.5 Å². The molecule has 7 heteroatoms. The van der Waals surface area contributed by atoms with E-state index in [0.717, 1.165) is 18.9 Å². The van der Waals surface area contributed by atoms with E-state index in [1.54, 1.807) is 0 Å². The Labute approximate surface area is 98.8 Å². The zero-order chi connectivity index (χ0) is 11.5. The van der Waals surface area contributed by atoms with Crippen LogP contribution in [0.2, 0.25) is 0 Å². The largest absolute Gasteiger partial charge is 0.367 e. The fourth-order valence-electron chi connectivity index (χ4n) is 2.09. The molecule has 0 aliphatic carbocycles. The van der Waals surface area contributed by atoms with E-state index in [1.165, 1.54) is 30.6 Å². The van der Waals surface area contributed by atoms with E-state index in [4.69, 9.17) is 0 Å². The second-order valence-electron chi connectivity index (χ2n) is 4.22. The summed E-state index contributed by atoms with van der Waals surface area (Å²) in [6.07, 6.45) is 2.66. The molecule has 0 spiro atoms. The minimum atomic E-state index is 0.662.